The van der Waals surface area contributed by atoms with Gasteiger partial charge in [0.25, 0.3) is 0 Å². The van der Waals surface area contributed by atoms with Gasteiger partial charge in [-0.05, 0) is 63.4 Å². The van der Waals surface area contributed by atoms with Crippen LogP contribution in [0.1, 0.15) is 37.9 Å². The molecule has 0 saturated carbocycles. The first-order valence-corrected chi connectivity index (χ1v) is 10.5. The van der Waals surface area contributed by atoms with Gasteiger partial charge in [0.15, 0.2) is 0 Å². The van der Waals surface area contributed by atoms with Crippen LogP contribution in [0.4, 0.5) is 10.5 Å². The summed E-state index contributed by atoms with van der Waals surface area (Å²) in [6, 6.07) is 11.8. The molecule has 6 heteroatoms. The molecule has 1 aromatic carbocycles. The second-order valence-electron chi connectivity index (χ2n) is 7.75. The third-order valence-corrected chi connectivity index (χ3v) is 4.89. The van der Waals surface area contributed by atoms with E-state index in [1.54, 1.807) is 6.20 Å². The molecule has 1 aromatic heterocycles. The maximum atomic E-state index is 12.5. The van der Waals surface area contributed by atoms with Crippen molar-refractivity contribution in [2.75, 3.05) is 31.6 Å². The third-order valence-electron chi connectivity index (χ3n) is 4.89. The lowest BCUT2D eigenvalue weighted by atomic mass is 10.0. The molecule has 2 heterocycles. The number of amides is 2. The number of hydrogen-bond acceptors (Lipinski definition) is 4. The number of rotatable bonds is 7. The van der Waals surface area contributed by atoms with E-state index < -0.39 is 0 Å². The average molecular weight is 410 g/mol. The van der Waals surface area contributed by atoms with Crippen LogP contribution < -0.4 is 10.1 Å². The normalized spacial score (nSPS) is 14.0. The molecule has 0 unspecified atom stereocenters. The van der Waals surface area contributed by atoms with E-state index in [0.29, 0.717) is 26.3 Å². The number of likely N-dealkylation sites (tertiary alicyclic amines) is 1. The van der Waals surface area contributed by atoms with E-state index in [1.165, 1.54) is 5.57 Å². The lowest BCUT2D eigenvalue weighted by Gasteiger charge is -2.28. The van der Waals surface area contributed by atoms with Crippen LogP contribution in [0.25, 0.3) is 6.08 Å². The number of aryl methyl sites for hydroxylation is 1. The number of aromatic nitrogens is 1. The van der Waals surface area contributed by atoms with Gasteiger partial charge in [-0.15, -0.1) is 0 Å². The van der Waals surface area contributed by atoms with Crippen molar-refractivity contribution in [3.8, 4) is 5.75 Å². The lowest BCUT2D eigenvalue weighted by Crippen LogP contribution is -2.39. The molecule has 30 heavy (non-hydrogen) atoms. The average Bonchev–Trinajstić information content (AvgIpc) is 2.73. The number of piperidine rings is 1. The van der Waals surface area contributed by atoms with Gasteiger partial charge in [0, 0.05) is 18.8 Å². The van der Waals surface area contributed by atoms with E-state index in [9.17, 15) is 4.79 Å². The van der Waals surface area contributed by atoms with Crippen LogP contribution in [0.2, 0.25) is 0 Å². The smallest absolute Gasteiger partial charge is 0.321 e. The largest absolute Gasteiger partial charge is 0.491 e. The Balaban J connectivity index is 1.48. The van der Waals surface area contributed by atoms with Crippen molar-refractivity contribution in [2.45, 2.75) is 39.7 Å². The number of ether oxygens (including phenoxy) is 2. The molecule has 160 valence electrons. The summed E-state index contributed by atoms with van der Waals surface area (Å²) in [4.78, 5) is 18.5. The fourth-order valence-electron chi connectivity index (χ4n) is 3.26. The van der Waals surface area contributed by atoms with Crippen molar-refractivity contribution in [2.24, 2.45) is 0 Å². The highest BCUT2D eigenvalue weighted by Gasteiger charge is 2.19. The van der Waals surface area contributed by atoms with Gasteiger partial charge >= 0.3 is 6.03 Å². The van der Waals surface area contributed by atoms with Gasteiger partial charge in [-0.2, -0.15) is 0 Å². The van der Waals surface area contributed by atoms with Gasteiger partial charge in [-0.25, -0.2) is 4.79 Å². The van der Waals surface area contributed by atoms with Crippen molar-refractivity contribution in [1.29, 1.82) is 0 Å². The third kappa shape index (κ3) is 6.88. The second kappa shape index (κ2) is 10.8. The van der Waals surface area contributed by atoms with Crippen molar-refractivity contribution < 1.29 is 14.3 Å². The van der Waals surface area contributed by atoms with Gasteiger partial charge < -0.3 is 19.7 Å². The molecule has 1 aliphatic heterocycles. The summed E-state index contributed by atoms with van der Waals surface area (Å²) < 4.78 is 11.3. The molecule has 0 bridgehead atoms. The van der Waals surface area contributed by atoms with Crippen molar-refractivity contribution in [1.82, 2.24) is 9.88 Å². The number of nitrogens with zero attached hydrogens (tertiary/aromatic N) is 2. The lowest BCUT2D eigenvalue weighted by molar-refractivity contribution is 0.0552. The van der Waals surface area contributed by atoms with Crippen molar-refractivity contribution in [3.63, 3.8) is 0 Å². The van der Waals surface area contributed by atoms with Crippen LogP contribution in [-0.2, 0) is 4.74 Å². The number of carbonyl (C=O) groups excluding carboxylic acids is 1. The molecule has 1 fully saturated rings. The Labute approximate surface area is 178 Å². The molecule has 2 aromatic rings. The molecule has 0 radical (unpaired) electrons. The molecule has 0 aliphatic carbocycles. The van der Waals surface area contributed by atoms with Crippen LogP contribution in [0.3, 0.4) is 0 Å². The molecular formula is C24H31N3O3. The predicted molar refractivity (Wildman–Crippen MR) is 120 cm³/mol. The topological polar surface area (TPSA) is 63.7 Å². The zero-order chi connectivity index (χ0) is 21.3. The van der Waals surface area contributed by atoms with Crippen LogP contribution in [0.5, 0.6) is 5.75 Å². The van der Waals surface area contributed by atoms with Gasteiger partial charge in [0.05, 0.1) is 24.6 Å². The minimum atomic E-state index is -0.0706. The number of nitrogens with one attached hydrogen (secondary N) is 1. The summed E-state index contributed by atoms with van der Waals surface area (Å²) in [6.45, 7) is 8.49. The second-order valence-corrected chi connectivity index (χ2v) is 7.75. The van der Waals surface area contributed by atoms with E-state index in [4.69, 9.17) is 9.47 Å². The molecule has 0 atom stereocenters. The SMILES string of the molecule is Cc1ccc(NC(=O)N2CCC(=Cc3cccc(OCCOC(C)C)c3)CC2)cn1. The van der Waals surface area contributed by atoms with Gasteiger partial charge in [-0.1, -0.05) is 23.8 Å². The summed E-state index contributed by atoms with van der Waals surface area (Å²) >= 11 is 0. The molecule has 1 saturated heterocycles. The molecule has 3 rings (SSSR count). The monoisotopic (exact) mass is 409 g/mol. The van der Waals surface area contributed by atoms with Gasteiger partial charge in [-0.3, -0.25) is 4.98 Å². The number of carbonyl (C=O) groups is 1. The van der Waals surface area contributed by atoms with Crippen LogP contribution in [0.15, 0.2) is 48.2 Å². The first-order valence-electron chi connectivity index (χ1n) is 10.5. The number of urea groups is 1. The summed E-state index contributed by atoms with van der Waals surface area (Å²) in [5, 5.41) is 2.92. The quantitative estimate of drug-likeness (QED) is 0.660. The molecule has 6 nitrogen and oxygen atoms in total. The Bertz CT molecular complexity index is 852. The first-order chi connectivity index (χ1) is 14.5. The van der Waals surface area contributed by atoms with Crippen LogP contribution in [0, 0.1) is 6.92 Å². The van der Waals surface area contributed by atoms with Crippen molar-refractivity contribution >= 4 is 17.8 Å². The number of pyridine rings is 1. The van der Waals surface area contributed by atoms with Crippen molar-refractivity contribution in [3.05, 3.63) is 59.4 Å². The highest BCUT2D eigenvalue weighted by molar-refractivity contribution is 5.89. The van der Waals surface area contributed by atoms with E-state index in [-0.39, 0.29) is 12.1 Å². The summed E-state index contributed by atoms with van der Waals surface area (Å²) in [5.74, 6) is 0.847. The predicted octanol–water partition coefficient (Wildman–Crippen LogP) is 4.91. The van der Waals surface area contributed by atoms with Crippen LogP contribution >= 0.6 is 0 Å². The van der Waals surface area contributed by atoms with E-state index >= 15 is 0 Å². The van der Waals surface area contributed by atoms with Gasteiger partial charge in [0.2, 0.25) is 0 Å². The summed E-state index contributed by atoms with van der Waals surface area (Å²) in [5.41, 5.74) is 4.12. The zero-order valence-corrected chi connectivity index (χ0v) is 18.1. The number of anilines is 1. The molecular weight excluding hydrogens is 378 g/mol. The first kappa shape index (κ1) is 21.8. The maximum Gasteiger partial charge on any atom is 0.321 e. The minimum absolute atomic E-state index is 0.0706. The fourth-order valence-corrected chi connectivity index (χ4v) is 3.26. The molecule has 2 amide bonds. The Morgan fingerprint density at radius 1 is 1.20 bits per heavy atom. The van der Waals surface area contributed by atoms with Crippen LogP contribution in [-0.4, -0.2) is 48.3 Å². The van der Waals surface area contributed by atoms with Gasteiger partial charge in [0.1, 0.15) is 12.4 Å². The molecule has 0 spiro atoms. The standard InChI is InChI=1S/C24H31N3O3/c1-18(2)29-13-14-30-23-6-4-5-21(16-23)15-20-9-11-27(12-10-20)24(28)26-22-8-7-19(3)25-17-22/h4-8,15-18H,9-14H2,1-3H3,(H,26,28). The van der Waals surface area contributed by atoms with E-state index in [1.807, 2.05) is 56.0 Å². The highest BCUT2D eigenvalue weighted by atomic mass is 16.5. The molecule has 1 aliphatic rings. The number of hydrogen-bond donors (Lipinski definition) is 1. The maximum absolute atomic E-state index is 12.5. The Hall–Kier alpha value is -2.86. The Kier molecular flexibility index (Phi) is 7.85. The van der Waals surface area contributed by atoms with E-state index in [0.717, 1.165) is 35.5 Å². The Morgan fingerprint density at radius 3 is 2.70 bits per heavy atom. The molecule has 1 N–H and O–H groups in total. The Morgan fingerprint density at radius 2 is 2.00 bits per heavy atom. The highest BCUT2D eigenvalue weighted by Crippen LogP contribution is 2.22. The summed E-state index contributed by atoms with van der Waals surface area (Å²) in [7, 11) is 0. The zero-order valence-electron chi connectivity index (χ0n) is 18.1. The fraction of sp³-hybridized carbons (Fsp3) is 0.417. The number of benzene rings is 1. The minimum Gasteiger partial charge on any atom is -0.491 e. The van der Waals surface area contributed by atoms with E-state index in [2.05, 4.69) is 22.4 Å². The summed E-state index contributed by atoms with van der Waals surface area (Å²) in [6.07, 6.45) is 5.84.